The van der Waals surface area contributed by atoms with Gasteiger partial charge in [0.05, 0.1) is 0 Å². The first kappa shape index (κ1) is 15.7. The van der Waals surface area contributed by atoms with Gasteiger partial charge in [-0.25, -0.2) is 0 Å². The van der Waals surface area contributed by atoms with Crippen LogP contribution in [0, 0.1) is 0 Å². The summed E-state index contributed by atoms with van der Waals surface area (Å²) in [5.41, 5.74) is 0.761. The Morgan fingerprint density at radius 3 is 2.62 bits per heavy atom. The lowest BCUT2D eigenvalue weighted by atomic mass is 10.1. The molecule has 0 aliphatic carbocycles. The molecule has 0 amide bonds. The Balaban J connectivity index is 1.99. The second-order valence-electron chi connectivity index (χ2n) is 4.32. The molecule has 5 nitrogen and oxygen atoms in total. The van der Waals surface area contributed by atoms with E-state index in [4.69, 9.17) is 14.2 Å². The number of ether oxygens (including phenoxy) is 4. The van der Waals surface area contributed by atoms with E-state index in [-0.39, 0.29) is 6.79 Å². The first-order valence-electron chi connectivity index (χ1n) is 6.40. The maximum atomic E-state index is 12.0. The molecule has 8 heteroatoms. The lowest BCUT2D eigenvalue weighted by Gasteiger charge is -2.14. The first-order chi connectivity index (χ1) is 9.99. The van der Waals surface area contributed by atoms with Crippen molar-refractivity contribution in [1.82, 2.24) is 5.32 Å². The van der Waals surface area contributed by atoms with Crippen molar-refractivity contribution in [3.8, 4) is 17.2 Å². The molecule has 21 heavy (non-hydrogen) atoms. The van der Waals surface area contributed by atoms with Gasteiger partial charge in [0.1, 0.15) is 12.4 Å². The third-order valence-electron chi connectivity index (χ3n) is 2.68. The molecule has 0 atom stereocenters. The highest BCUT2D eigenvalue weighted by atomic mass is 19.4. The quantitative estimate of drug-likeness (QED) is 0.619. The van der Waals surface area contributed by atoms with Crippen LogP contribution in [0.3, 0.4) is 0 Å². The molecule has 0 spiro atoms. The second kappa shape index (κ2) is 6.86. The summed E-state index contributed by atoms with van der Waals surface area (Å²) in [7, 11) is 0. The summed E-state index contributed by atoms with van der Waals surface area (Å²) >= 11 is 0. The molecule has 0 saturated heterocycles. The van der Waals surface area contributed by atoms with E-state index in [0.29, 0.717) is 23.8 Å². The Hall–Kier alpha value is -1.67. The lowest BCUT2D eigenvalue weighted by Crippen LogP contribution is -2.19. The highest BCUT2D eigenvalue weighted by Gasteiger charge is 2.27. The molecule has 0 aromatic heterocycles. The van der Waals surface area contributed by atoms with Gasteiger partial charge in [0.2, 0.25) is 6.79 Å². The van der Waals surface area contributed by atoms with Crippen molar-refractivity contribution in [3.05, 3.63) is 17.7 Å². The van der Waals surface area contributed by atoms with Crippen LogP contribution in [-0.2, 0) is 11.3 Å². The van der Waals surface area contributed by atoms with Crippen molar-refractivity contribution in [2.24, 2.45) is 0 Å². The van der Waals surface area contributed by atoms with Gasteiger partial charge in [0, 0.05) is 18.2 Å². The Morgan fingerprint density at radius 1 is 1.24 bits per heavy atom. The average Bonchev–Trinajstić information content (AvgIpc) is 2.86. The van der Waals surface area contributed by atoms with Crippen LogP contribution in [0.2, 0.25) is 0 Å². The van der Waals surface area contributed by atoms with Gasteiger partial charge >= 0.3 is 6.18 Å². The molecule has 2 rings (SSSR count). The Morgan fingerprint density at radius 2 is 1.95 bits per heavy atom. The van der Waals surface area contributed by atoms with E-state index in [1.54, 1.807) is 12.1 Å². The number of hydrogen-bond acceptors (Lipinski definition) is 5. The van der Waals surface area contributed by atoms with E-state index in [0.717, 1.165) is 12.1 Å². The summed E-state index contributed by atoms with van der Waals surface area (Å²) in [6.45, 7) is 1.47. The minimum Gasteiger partial charge on any atom is -0.467 e. The van der Waals surface area contributed by atoms with Crippen molar-refractivity contribution in [2.45, 2.75) is 19.6 Å². The van der Waals surface area contributed by atoms with Crippen molar-refractivity contribution >= 4 is 0 Å². The van der Waals surface area contributed by atoms with Gasteiger partial charge in [-0.1, -0.05) is 6.92 Å². The Kier molecular flexibility index (Phi) is 5.13. The largest absolute Gasteiger partial charge is 0.467 e. The van der Waals surface area contributed by atoms with Crippen LogP contribution >= 0.6 is 0 Å². The van der Waals surface area contributed by atoms with Crippen molar-refractivity contribution < 1.29 is 32.1 Å². The Labute approximate surface area is 119 Å². The molecule has 0 unspecified atom stereocenters. The van der Waals surface area contributed by atoms with Gasteiger partial charge in [0.15, 0.2) is 18.3 Å². The standard InChI is InChI=1S/C13H16F3NO4/c1-2-17-5-9-3-11-12(21-8-20-11)4-10(9)19-7-18-6-13(14,15)16/h3-4,17H,2,5-8H2,1H3. The zero-order chi connectivity index (χ0) is 15.3. The fraction of sp³-hybridized carbons (Fsp3) is 0.538. The van der Waals surface area contributed by atoms with Crippen LogP contribution in [0.15, 0.2) is 12.1 Å². The van der Waals surface area contributed by atoms with Gasteiger partial charge in [-0.2, -0.15) is 13.2 Å². The highest BCUT2D eigenvalue weighted by molar-refractivity contribution is 5.51. The maximum absolute atomic E-state index is 12.0. The molecule has 118 valence electrons. The average molecular weight is 307 g/mol. The molecule has 1 aromatic rings. The van der Waals surface area contributed by atoms with Gasteiger partial charge in [-0.3, -0.25) is 0 Å². The minimum atomic E-state index is -4.37. The fourth-order valence-electron chi connectivity index (χ4n) is 1.76. The van der Waals surface area contributed by atoms with Gasteiger partial charge in [0.25, 0.3) is 0 Å². The molecule has 1 aliphatic heterocycles. The number of benzene rings is 1. The zero-order valence-electron chi connectivity index (χ0n) is 11.5. The first-order valence-corrected chi connectivity index (χ1v) is 6.40. The third-order valence-corrected chi connectivity index (χ3v) is 2.68. The van der Waals surface area contributed by atoms with Crippen LogP contribution in [0.4, 0.5) is 13.2 Å². The number of halogens is 3. The summed E-state index contributed by atoms with van der Waals surface area (Å²) in [5, 5.41) is 3.11. The van der Waals surface area contributed by atoms with E-state index < -0.39 is 19.6 Å². The van der Waals surface area contributed by atoms with Crippen molar-refractivity contribution in [1.29, 1.82) is 0 Å². The normalized spacial score (nSPS) is 13.5. The summed E-state index contributed by atoms with van der Waals surface area (Å²) in [4.78, 5) is 0. The van der Waals surface area contributed by atoms with E-state index in [1.807, 2.05) is 6.92 Å². The molecule has 1 aliphatic rings. The van der Waals surface area contributed by atoms with Crippen LogP contribution < -0.4 is 19.5 Å². The predicted octanol–water partition coefficient (Wildman–Crippen LogP) is 2.44. The summed E-state index contributed by atoms with van der Waals surface area (Å²) in [6.07, 6.45) is -4.37. The van der Waals surface area contributed by atoms with Crippen molar-refractivity contribution in [3.63, 3.8) is 0 Å². The maximum Gasteiger partial charge on any atom is 0.411 e. The molecule has 1 N–H and O–H groups in total. The topological polar surface area (TPSA) is 49.0 Å². The number of alkyl halides is 3. The van der Waals surface area contributed by atoms with Crippen LogP contribution in [0.1, 0.15) is 12.5 Å². The Bertz CT molecular complexity index is 479. The van der Waals surface area contributed by atoms with Gasteiger partial charge < -0.3 is 24.3 Å². The van der Waals surface area contributed by atoms with E-state index >= 15 is 0 Å². The third kappa shape index (κ3) is 4.68. The second-order valence-corrected chi connectivity index (χ2v) is 4.32. The van der Waals surface area contributed by atoms with Crippen LogP contribution in [0.5, 0.6) is 17.2 Å². The monoisotopic (exact) mass is 307 g/mol. The number of fused-ring (bicyclic) bond motifs is 1. The summed E-state index contributed by atoms with van der Waals surface area (Å²) in [6, 6.07) is 3.33. The molecular formula is C13H16F3NO4. The van der Waals surface area contributed by atoms with E-state index in [2.05, 4.69) is 10.1 Å². The van der Waals surface area contributed by atoms with E-state index in [9.17, 15) is 13.2 Å². The number of hydrogen-bond donors (Lipinski definition) is 1. The summed E-state index contributed by atoms with van der Waals surface area (Å²) in [5.74, 6) is 1.50. The SMILES string of the molecule is CCNCc1cc2c(cc1OCOCC(F)(F)F)OCO2. The summed E-state index contributed by atoms with van der Waals surface area (Å²) < 4.78 is 56.1. The molecule has 1 heterocycles. The molecule has 0 saturated carbocycles. The molecule has 0 fully saturated rings. The van der Waals surface area contributed by atoms with E-state index in [1.165, 1.54) is 0 Å². The number of rotatable bonds is 7. The molecule has 0 radical (unpaired) electrons. The molecule has 0 bridgehead atoms. The van der Waals surface area contributed by atoms with Crippen LogP contribution in [-0.4, -0.2) is 32.9 Å². The van der Waals surface area contributed by atoms with Crippen LogP contribution in [0.25, 0.3) is 0 Å². The number of nitrogens with one attached hydrogen (secondary N) is 1. The van der Waals surface area contributed by atoms with Gasteiger partial charge in [-0.15, -0.1) is 0 Å². The molecular weight excluding hydrogens is 291 g/mol. The molecule has 1 aromatic carbocycles. The highest BCUT2D eigenvalue weighted by Crippen LogP contribution is 2.38. The minimum absolute atomic E-state index is 0.115. The zero-order valence-corrected chi connectivity index (χ0v) is 11.5. The van der Waals surface area contributed by atoms with Crippen molar-refractivity contribution in [2.75, 3.05) is 26.7 Å². The predicted molar refractivity (Wildman–Crippen MR) is 67.4 cm³/mol. The lowest BCUT2D eigenvalue weighted by molar-refractivity contribution is -0.186. The van der Waals surface area contributed by atoms with Gasteiger partial charge in [-0.05, 0) is 12.6 Å². The fourth-order valence-corrected chi connectivity index (χ4v) is 1.76. The smallest absolute Gasteiger partial charge is 0.411 e.